The smallest absolute Gasteiger partial charge is 0.337 e. The van der Waals surface area contributed by atoms with E-state index in [2.05, 4.69) is 4.98 Å². The summed E-state index contributed by atoms with van der Waals surface area (Å²) in [6, 6.07) is 13.9. The van der Waals surface area contributed by atoms with E-state index in [4.69, 9.17) is 15.6 Å². The molecular formula is C16H12N2O3. The normalized spacial score (nSPS) is 10.5. The van der Waals surface area contributed by atoms with Crippen LogP contribution in [0.1, 0.15) is 10.4 Å². The number of nitrogens with two attached hydrogens (primary N) is 1. The summed E-state index contributed by atoms with van der Waals surface area (Å²) >= 11 is 0. The Balaban J connectivity index is 1.91. The highest BCUT2D eigenvalue weighted by Gasteiger charge is 2.09. The van der Waals surface area contributed by atoms with Gasteiger partial charge in [0.05, 0.1) is 11.1 Å². The molecule has 0 atom stereocenters. The lowest BCUT2D eigenvalue weighted by Crippen LogP contribution is -2.02. The molecule has 0 unspecified atom stereocenters. The maximum atomic E-state index is 10.9. The Morgan fingerprint density at radius 2 is 1.86 bits per heavy atom. The molecule has 0 radical (unpaired) electrons. The molecule has 0 aliphatic carbocycles. The number of carbonyl (C=O) groups is 1. The zero-order chi connectivity index (χ0) is 14.8. The van der Waals surface area contributed by atoms with E-state index in [0.29, 0.717) is 11.5 Å². The molecule has 1 heterocycles. The number of benzene rings is 2. The first kappa shape index (κ1) is 12.9. The molecule has 3 aromatic rings. The van der Waals surface area contributed by atoms with E-state index in [1.165, 1.54) is 12.1 Å². The third-order valence-electron chi connectivity index (χ3n) is 3.07. The van der Waals surface area contributed by atoms with Gasteiger partial charge in [-0.15, -0.1) is 0 Å². The van der Waals surface area contributed by atoms with Gasteiger partial charge in [-0.2, -0.15) is 0 Å². The van der Waals surface area contributed by atoms with Crippen molar-refractivity contribution < 1.29 is 14.6 Å². The van der Waals surface area contributed by atoms with Crippen LogP contribution in [0, 0.1) is 0 Å². The zero-order valence-corrected chi connectivity index (χ0v) is 11.0. The Morgan fingerprint density at radius 1 is 1.10 bits per heavy atom. The van der Waals surface area contributed by atoms with Crippen LogP contribution < -0.4 is 10.5 Å². The van der Waals surface area contributed by atoms with Crippen molar-refractivity contribution in [3.05, 3.63) is 60.3 Å². The Kier molecular flexibility index (Phi) is 3.16. The van der Waals surface area contributed by atoms with Crippen molar-refractivity contribution >= 4 is 22.6 Å². The average Bonchev–Trinajstić information content (AvgIpc) is 2.47. The summed E-state index contributed by atoms with van der Waals surface area (Å²) in [7, 11) is 0. The van der Waals surface area contributed by atoms with Gasteiger partial charge in [-0.3, -0.25) is 4.98 Å². The second-order valence-electron chi connectivity index (χ2n) is 4.51. The number of nitrogens with zero attached hydrogens (tertiary/aromatic N) is 1. The zero-order valence-electron chi connectivity index (χ0n) is 11.0. The SMILES string of the molecule is Nc1cc(Oc2ccc3cccnc3c2)ccc1C(=O)O. The van der Waals surface area contributed by atoms with E-state index >= 15 is 0 Å². The van der Waals surface area contributed by atoms with Gasteiger partial charge in [0.15, 0.2) is 0 Å². The fraction of sp³-hybridized carbons (Fsp3) is 0. The van der Waals surface area contributed by atoms with Gasteiger partial charge in [-0.25, -0.2) is 4.79 Å². The van der Waals surface area contributed by atoms with Gasteiger partial charge in [0.25, 0.3) is 0 Å². The van der Waals surface area contributed by atoms with Crippen LogP contribution in [0.4, 0.5) is 5.69 Å². The van der Waals surface area contributed by atoms with Crippen LogP contribution in [0.5, 0.6) is 11.5 Å². The molecule has 0 spiro atoms. The van der Waals surface area contributed by atoms with Crippen molar-refractivity contribution in [1.82, 2.24) is 4.98 Å². The maximum absolute atomic E-state index is 10.9. The molecular weight excluding hydrogens is 268 g/mol. The van der Waals surface area contributed by atoms with Crippen molar-refractivity contribution in [2.75, 3.05) is 5.73 Å². The van der Waals surface area contributed by atoms with Gasteiger partial charge in [-0.05, 0) is 30.3 Å². The van der Waals surface area contributed by atoms with Gasteiger partial charge in [0, 0.05) is 29.4 Å². The summed E-state index contributed by atoms with van der Waals surface area (Å²) in [6.45, 7) is 0. The molecule has 5 nitrogen and oxygen atoms in total. The summed E-state index contributed by atoms with van der Waals surface area (Å²) < 4.78 is 5.69. The van der Waals surface area contributed by atoms with Crippen LogP contribution in [-0.4, -0.2) is 16.1 Å². The fourth-order valence-electron chi connectivity index (χ4n) is 2.04. The van der Waals surface area contributed by atoms with Gasteiger partial charge in [-0.1, -0.05) is 6.07 Å². The number of aromatic nitrogens is 1. The molecule has 0 fully saturated rings. The molecule has 21 heavy (non-hydrogen) atoms. The third-order valence-corrected chi connectivity index (χ3v) is 3.07. The van der Waals surface area contributed by atoms with E-state index in [1.807, 2.05) is 30.3 Å². The summed E-state index contributed by atoms with van der Waals surface area (Å²) in [5, 5.41) is 9.95. The van der Waals surface area contributed by atoms with E-state index in [1.54, 1.807) is 12.3 Å². The minimum absolute atomic E-state index is 0.0579. The molecule has 0 bridgehead atoms. The van der Waals surface area contributed by atoms with Crippen LogP contribution in [0.3, 0.4) is 0 Å². The fourth-order valence-corrected chi connectivity index (χ4v) is 2.04. The van der Waals surface area contributed by atoms with E-state index in [9.17, 15) is 4.79 Å². The Bertz CT molecular complexity index is 831. The molecule has 0 saturated carbocycles. The van der Waals surface area contributed by atoms with E-state index < -0.39 is 5.97 Å². The molecule has 3 rings (SSSR count). The number of anilines is 1. The number of hydrogen-bond acceptors (Lipinski definition) is 4. The van der Waals surface area contributed by atoms with Crippen molar-refractivity contribution in [3.63, 3.8) is 0 Å². The molecule has 1 aromatic heterocycles. The molecule has 0 amide bonds. The predicted molar refractivity (Wildman–Crippen MR) is 79.6 cm³/mol. The van der Waals surface area contributed by atoms with Crippen LogP contribution in [0.25, 0.3) is 10.9 Å². The minimum atomic E-state index is -1.06. The maximum Gasteiger partial charge on any atom is 0.337 e. The lowest BCUT2D eigenvalue weighted by Gasteiger charge is -2.08. The number of ether oxygens (including phenoxy) is 1. The standard InChI is InChI=1S/C16H12N2O3/c17-14-8-11(5-6-13(14)16(19)20)21-12-4-3-10-2-1-7-18-15(10)9-12/h1-9H,17H2,(H,19,20). The molecule has 3 N–H and O–H groups in total. The quantitative estimate of drug-likeness (QED) is 0.719. The molecule has 0 aliphatic heterocycles. The second-order valence-corrected chi connectivity index (χ2v) is 4.51. The highest BCUT2D eigenvalue weighted by Crippen LogP contribution is 2.27. The van der Waals surface area contributed by atoms with Crippen molar-refractivity contribution in [2.24, 2.45) is 0 Å². The lowest BCUT2D eigenvalue weighted by molar-refractivity contribution is 0.0698. The number of fused-ring (bicyclic) bond motifs is 1. The van der Waals surface area contributed by atoms with Gasteiger partial charge in [0.1, 0.15) is 11.5 Å². The molecule has 104 valence electrons. The van der Waals surface area contributed by atoms with Crippen molar-refractivity contribution in [3.8, 4) is 11.5 Å². The van der Waals surface area contributed by atoms with Gasteiger partial charge < -0.3 is 15.6 Å². The first-order valence-corrected chi connectivity index (χ1v) is 6.29. The Labute approximate surface area is 120 Å². The summed E-state index contributed by atoms with van der Waals surface area (Å²) in [5.41, 5.74) is 6.74. The molecule has 0 aliphatic rings. The molecule has 2 aromatic carbocycles. The minimum Gasteiger partial charge on any atom is -0.478 e. The predicted octanol–water partition coefficient (Wildman–Crippen LogP) is 3.31. The largest absolute Gasteiger partial charge is 0.478 e. The number of nitrogen functional groups attached to an aromatic ring is 1. The van der Waals surface area contributed by atoms with Crippen LogP contribution in [-0.2, 0) is 0 Å². The summed E-state index contributed by atoms with van der Waals surface area (Å²) in [4.78, 5) is 15.2. The molecule has 0 saturated heterocycles. The number of carboxylic acids is 1. The third kappa shape index (κ3) is 2.62. The van der Waals surface area contributed by atoms with Crippen molar-refractivity contribution in [2.45, 2.75) is 0 Å². The average molecular weight is 280 g/mol. The highest BCUT2D eigenvalue weighted by atomic mass is 16.5. The Morgan fingerprint density at radius 3 is 2.62 bits per heavy atom. The molecule has 5 heteroatoms. The number of carboxylic acid groups (broad SMARTS) is 1. The number of aromatic carboxylic acids is 1. The van der Waals surface area contributed by atoms with Crippen LogP contribution >= 0.6 is 0 Å². The van der Waals surface area contributed by atoms with E-state index in [0.717, 1.165) is 10.9 Å². The van der Waals surface area contributed by atoms with Gasteiger partial charge >= 0.3 is 5.97 Å². The van der Waals surface area contributed by atoms with Gasteiger partial charge in [0.2, 0.25) is 0 Å². The summed E-state index contributed by atoms with van der Waals surface area (Å²) in [6.07, 6.45) is 1.71. The first-order valence-electron chi connectivity index (χ1n) is 6.29. The number of rotatable bonds is 3. The lowest BCUT2D eigenvalue weighted by atomic mass is 10.1. The topological polar surface area (TPSA) is 85.4 Å². The van der Waals surface area contributed by atoms with E-state index in [-0.39, 0.29) is 11.3 Å². The second kappa shape index (κ2) is 5.13. The number of pyridine rings is 1. The van der Waals surface area contributed by atoms with Crippen LogP contribution in [0.15, 0.2) is 54.7 Å². The van der Waals surface area contributed by atoms with Crippen LogP contribution in [0.2, 0.25) is 0 Å². The monoisotopic (exact) mass is 280 g/mol. The van der Waals surface area contributed by atoms with Crippen molar-refractivity contribution in [1.29, 1.82) is 0 Å². The highest BCUT2D eigenvalue weighted by molar-refractivity contribution is 5.93. The number of hydrogen-bond donors (Lipinski definition) is 2. The summed E-state index contributed by atoms with van der Waals surface area (Å²) in [5.74, 6) is 0.0328. The first-order chi connectivity index (χ1) is 10.1. The Hall–Kier alpha value is -3.08.